The molecule has 0 radical (unpaired) electrons. The van der Waals surface area contributed by atoms with Crippen LogP contribution in [0.15, 0.2) is 48.9 Å². The molecule has 3 rings (SSSR count). The Hall–Kier alpha value is -2.33. The molecule has 23 heavy (non-hydrogen) atoms. The van der Waals surface area contributed by atoms with Crippen LogP contribution < -0.4 is 0 Å². The molecule has 0 aromatic carbocycles. The molecule has 0 saturated carbocycles. The van der Waals surface area contributed by atoms with Crippen molar-refractivity contribution in [3.63, 3.8) is 0 Å². The van der Waals surface area contributed by atoms with E-state index in [0.29, 0.717) is 0 Å². The molecule has 0 bridgehead atoms. The molecule has 3 heterocycles. The number of rotatable bonds is 2. The Bertz CT molecular complexity index is 701. The van der Waals surface area contributed by atoms with E-state index in [9.17, 15) is 0 Å². The number of nitrogens with zero attached hydrogens (tertiary/aromatic N) is 2. The van der Waals surface area contributed by atoms with Gasteiger partial charge in [0.1, 0.15) is 5.65 Å². The number of fused-ring (bicyclic) bond motifs is 1. The lowest BCUT2D eigenvalue weighted by molar-refractivity contribution is 0.399. The fourth-order valence-electron chi connectivity index (χ4n) is 2.19. The lowest BCUT2D eigenvalue weighted by Crippen LogP contribution is -1.86. The summed E-state index contributed by atoms with van der Waals surface area (Å²) >= 11 is 0. The quantitative estimate of drug-likeness (QED) is 0.682. The highest BCUT2D eigenvalue weighted by Gasteiger charge is 2.08. The lowest BCUT2D eigenvalue weighted by Gasteiger charge is -1.94. The lowest BCUT2D eigenvalue weighted by atomic mass is 10.1. The molecule has 0 amide bonds. The summed E-state index contributed by atoms with van der Waals surface area (Å²) in [6.07, 6.45) is 10.2. The van der Waals surface area contributed by atoms with Gasteiger partial charge in [0.15, 0.2) is 0 Å². The third-order valence-electron chi connectivity index (χ3n) is 3.46. The molecule has 4 nitrogen and oxygen atoms in total. The SMILES string of the molecule is C/C=C\C.CCn1cc(C)c(-c2cc3cccnc3[nH]2)c1.CO. The molecule has 0 fully saturated rings. The molecule has 3 aromatic heterocycles. The predicted molar refractivity (Wildman–Crippen MR) is 98.6 cm³/mol. The second kappa shape index (κ2) is 9.64. The molecule has 0 unspecified atom stereocenters. The number of hydrogen-bond acceptors (Lipinski definition) is 2. The van der Waals surface area contributed by atoms with Gasteiger partial charge in [0.2, 0.25) is 0 Å². The van der Waals surface area contributed by atoms with Crippen LogP contribution in [0.4, 0.5) is 0 Å². The Morgan fingerprint density at radius 1 is 1.22 bits per heavy atom. The summed E-state index contributed by atoms with van der Waals surface area (Å²) in [4.78, 5) is 7.69. The van der Waals surface area contributed by atoms with Gasteiger partial charge in [0, 0.05) is 48.9 Å². The van der Waals surface area contributed by atoms with Gasteiger partial charge >= 0.3 is 0 Å². The Labute approximate surface area is 138 Å². The van der Waals surface area contributed by atoms with E-state index in [1.54, 1.807) is 0 Å². The van der Waals surface area contributed by atoms with E-state index in [2.05, 4.69) is 52.9 Å². The first-order valence-corrected chi connectivity index (χ1v) is 7.82. The summed E-state index contributed by atoms with van der Waals surface area (Å²) in [7, 11) is 1.00. The second-order valence-electron chi connectivity index (χ2n) is 4.98. The van der Waals surface area contributed by atoms with Gasteiger partial charge in [-0.25, -0.2) is 4.98 Å². The van der Waals surface area contributed by atoms with Gasteiger partial charge in [0.05, 0.1) is 0 Å². The Morgan fingerprint density at radius 3 is 2.43 bits per heavy atom. The van der Waals surface area contributed by atoms with Gasteiger partial charge in [-0.15, -0.1) is 0 Å². The van der Waals surface area contributed by atoms with Crippen LogP contribution in [0, 0.1) is 6.92 Å². The molecule has 0 saturated heterocycles. The first kappa shape index (κ1) is 18.7. The van der Waals surface area contributed by atoms with Crippen molar-refractivity contribution >= 4 is 11.0 Å². The highest BCUT2D eigenvalue weighted by atomic mass is 16.2. The molecule has 0 aliphatic heterocycles. The largest absolute Gasteiger partial charge is 0.400 e. The van der Waals surface area contributed by atoms with E-state index >= 15 is 0 Å². The molecular weight excluding hydrogens is 286 g/mol. The molecule has 0 aliphatic carbocycles. The van der Waals surface area contributed by atoms with E-state index < -0.39 is 0 Å². The third-order valence-corrected chi connectivity index (χ3v) is 3.46. The summed E-state index contributed by atoms with van der Waals surface area (Å²) in [5, 5.41) is 8.16. The minimum atomic E-state index is 0.950. The van der Waals surface area contributed by atoms with Gasteiger partial charge in [0.25, 0.3) is 0 Å². The Morgan fingerprint density at radius 2 is 1.91 bits per heavy atom. The molecular formula is C19H27N3O. The minimum absolute atomic E-state index is 0.950. The van der Waals surface area contributed by atoms with Crippen molar-refractivity contribution in [3.05, 3.63) is 54.5 Å². The highest BCUT2D eigenvalue weighted by molar-refractivity contribution is 5.83. The standard InChI is InChI=1S/C14H15N3.C4H8.CH4O/c1-3-17-8-10(2)12(9-17)13-7-11-5-4-6-15-14(11)16-13;1-3-4-2;1-2/h4-9H,3H2,1-2H3,(H,15,16);3-4H,1-2H3;2H,1H3/b;4-3-;. The number of aromatic nitrogens is 3. The van der Waals surface area contributed by atoms with Crippen molar-refractivity contribution in [2.75, 3.05) is 7.11 Å². The van der Waals surface area contributed by atoms with Gasteiger partial charge < -0.3 is 14.7 Å². The number of aliphatic hydroxyl groups is 1. The maximum absolute atomic E-state index is 7.00. The average Bonchev–Trinajstić information content (AvgIpc) is 3.19. The summed E-state index contributed by atoms with van der Waals surface area (Å²) in [6, 6.07) is 6.20. The topological polar surface area (TPSA) is 53.8 Å². The van der Waals surface area contributed by atoms with Gasteiger partial charge in [-0.1, -0.05) is 12.2 Å². The first-order valence-electron chi connectivity index (χ1n) is 7.82. The zero-order valence-electron chi connectivity index (χ0n) is 14.7. The number of aliphatic hydroxyl groups excluding tert-OH is 1. The monoisotopic (exact) mass is 313 g/mol. The molecule has 0 aliphatic rings. The van der Waals surface area contributed by atoms with Crippen LogP contribution in [0.1, 0.15) is 26.3 Å². The fraction of sp³-hybridized carbons (Fsp3) is 0.316. The maximum Gasteiger partial charge on any atom is 0.137 e. The van der Waals surface area contributed by atoms with Crippen molar-refractivity contribution in [2.45, 2.75) is 34.2 Å². The second-order valence-corrected chi connectivity index (χ2v) is 4.98. The van der Waals surface area contributed by atoms with Gasteiger partial charge in [-0.2, -0.15) is 0 Å². The van der Waals surface area contributed by atoms with Crippen LogP contribution in [-0.2, 0) is 6.54 Å². The molecule has 124 valence electrons. The number of allylic oxidation sites excluding steroid dienone is 2. The zero-order chi connectivity index (χ0) is 17.2. The molecule has 0 atom stereocenters. The Balaban J connectivity index is 0.000000388. The zero-order valence-corrected chi connectivity index (χ0v) is 14.7. The predicted octanol–water partition coefficient (Wildman–Crippen LogP) is 4.55. The smallest absolute Gasteiger partial charge is 0.137 e. The minimum Gasteiger partial charge on any atom is -0.400 e. The van der Waals surface area contributed by atoms with Crippen LogP contribution in [-0.4, -0.2) is 26.8 Å². The number of pyridine rings is 1. The van der Waals surface area contributed by atoms with E-state index in [4.69, 9.17) is 5.11 Å². The summed E-state index contributed by atoms with van der Waals surface area (Å²) in [6.45, 7) is 9.29. The average molecular weight is 313 g/mol. The van der Waals surface area contributed by atoms with Crippen molar-refractivity contribution in [3.8, 4) is 11.3 Å². The van der Waals surface area contributed by atoms with Crippen LogP contribution in [0.5, 0.6) is 0 Å². The van der Waals surface area contributed by atoms with E-state index in [-0.39, 0.29) is 0 Å². The molecule has 0 spiro atoms. The van der Waals surface area contributed by atoms with E-state index in [1.165, 1.54) is 11.1 Å². The van der Waals surface area contributed by atoms with Crippen LogP contribution in [0.25, 0.3) is 22.3 Å². The summed E-state index contributed by atoms with van der Waals surface area (Å²) < 4.78 is 2.20. The van der Waals surface area contributed by atoms with Crippen molar-refractivity contribution in [1.82, 2.24) is 14.5 Å². The van der Waals surface area contributed by atoms with Crippen molar-refractivity contribution in [2.24, 2.45) is 0 Å². The Kier molecular flexibility index (Phi) is 7.84. The third kappa shape index (κ3) is 4.83. The van der Waals surface area contributed by atoms with Crippen LogP contribution in [0.2, 0.25) is 0 Å². The fourth-order valence-corrected chi connectivity index (χ4v) is 2.19. The number of nitrogens with one attached hydrogen (secondary N) is 1. The number of aryl methyl sites for hydroxylation is 2. The molecule has 3 aromatic rings. The van der Waals surface area contributed by atoms with Crippen LogP contribution >= 0.6 is 0 Å². The first-order chi connectivity index (χ1) is 11.2. The summed E-state index contributed by atoms with van der Waals surface area (Å²) in [5.74, 6) is 0. The maximum atomic E-state index is 7.00. The van der Waals surface area contributed by atoms with Gasteiger partial charge in [-0.3, -0.25) is 0 Å². The molecule has 2 N–H and O–H groups in total. The highest BCUT2D eigenvalue weighted by Crippen LogP contribution is 2.26. The van der Waals surface area contributed by atoms with Crippen molar-refractivity contribution in [1.29, 1.82) is 0 Å². The number of aromatic amines is 1. The van der Waals surface area contributed by atoms with E-state index in [0.717, 1.165) is 30.4 Å². The number of hydrogen-bond donors (Lipinski definition) is 2. The molecule has 4 heteroatoms. The summed E-state index contributed by atoms with van der Waals surface area (Å²) in [5.41, 5.74) is 4.64. The number of H-pyrrole nitrogens is 1. The van der Waals surface area contributed by atoms with Crippen LogP contribution in [0.3, 0.4) is 0 Å². The normalized spacial score (nSPS) is 10.2. The van der Waals surface area contributed by atoms with Gasteiger partial charge in [-0.05, 0) is 51.5 Å². The van der Waals surface area contributed by atoms with E-state index in [1.807, 2.05) is 38.3 Å². The van der Waals surface area contributed by atoms with Crippen molar-refractivity contribution < 1.29 is 5.11 Å².